The number of benzene rings is 2. The van der Waals surface area contributed by atoms with Gasteiger partial charge in [-0.2, -0.15) is 5.10 Å². The first-order valence-corrected chi connectivity index (χ1v) is 14.5. The van der Waals surface area contributed by atoms with Crippen molar-refractivity contribution < 1.29 is 9.36 Å². The van der Waals surface area contributed by atoms with Crippen LogP contribution >= 0.6 is 7.14 Å². The highest BCUT2D eigenvalue weighted by Gasteiger charge is 2.24. The maximum atomic E-state index is 12.6. The fourth-order valence-electron chi connectivity index (χ4n) is 4.53. The van der Waals surface area contributed by atoms with Crippen molar-refractivity contribution in [3.8, 4) is 11.1 Å². The van der Waals surface area contributed by atoms with Crippen molar-refractivity contribution in [1.29, 1.82) is 0 Å². The number of amides is 1. The summed E-state index contributed by atoms with van der Waals surface area (Å²) in [7, 11) is -2.30. The van der Waals surface area contributed by atoms with Crippen molar-refractivity contribution >= 4 is 29.7 Å². The molecule has 0 unspecified atom stereocenters. The van der Waals surface area contributed by atoms with Crippen molar-refractivity contribution in [2.45, 2.75) is 13.3 Å². The Morgan fingerprint density at radius 3 is 2.51 bits per heavy atom. The molecule has 0 spiro atoms. The minimum atomic E-state index is -2.30. The van der Waals surface area contributed by atoms with E-state index in [2.05, 4.69) is 24.0 Å². The topological polar surface area (TPSA) is 70.8 Å². The van der Waals surface area contributed by atoms with E-state index in [-0.39, 0.29) is 5.91 Å². The summed E-state index contributed by atoms with van der Waals surface area (Å²) < 4.78 is 14.2. The van der Waals surface area contributed by atoms with Gasteiger partial charge in [-0.25, -0.2) is 9.50 Å². The number of carbonyl (C=O) groups excluding carboxylic acids is 1. The van der Waals surface area contributed by atoms with Crippen LogP contribution in [-0.2, 0) is 15.8 Å². The summed E-state index contributed by atoms with van der Waals surface area (Å²) >= 11 is 0. The average molecular weight is 488 g/mol. The molecule has 0 saturated carbocycles. The summed E-state index contributed by atoms with van der Waals surface area (Å²) in [6.07, 6.45) is 2.48. The number of nitrogens with zero attached hydrogens (tertiary/aromatic N) is 5. The lowest BCUT2D eigenvalue weighted by Gasteiger charge is -2.33. The Balaban J connectivity index is 1.40. The summed E-state index contributed by atoms with van der Waals surface area (Å²) in [4.78, 5) is 21.5. The number of hydrogen-bond acceptors (Lipinski definition) is 5. The fraction of sp³-hybridized carbons (Fsp3) is 0.296. The Labute approximate surface area is 205 Å². The Morgan fingerprint density at radius 2 is 1.80 bits per heavy atom. The van der Waals surface area contributed by atoms with Gasteiger partial charge in [0.15, 0.2) is 11.5 Å². The standard InChI is InChI=1S/C27H30N5O2P/c1-4-30-15-16-31(26(33)19-30)22-8-5-7-20(17-22)18-25-28-27-24(9-6-14-32(27)29-25)21-10-12-23(13-11-21)35(2,3)34/h5-14,17H,4,15-16,18-19H2,1-3H3. The molecular formula is C27H30N5O2P. The number of hydrogen-bond donors (Lipinski definition) is 0. The van der Waals surface area contributed by atoms with Crippen LogP contribution in [0, 0.1) is 0 Å². The molecule has 1 aliphatic rings. The number of rotatable bonds is 6. The molecule has 2 aromatic carbocycles. The Hall–Kier alpha value is -3.28. The number of likely N-dealkylation sites (N-methyl/N-ethyl adjacent to an activating group) is 1. The molecule has 0 N–H and O–H groups in total. The van der Waals surface area contributed by atoms with Crippen LogP contribution in [0.1, 0.15) is 18.3 Å². The molecule has 7 nitrogen and oxygen atoms in total. The quantitative estimate of drug-likeness (QED) is 0.386. The molecule has 2 aromatic heterocycles. The summed E-state index contributed by atoms with van der Waals surface area (Å²) in [5.41, 5.74) is 4.77. The van der Waals surface area contributed by atoms with Gasteiger partial charge in [0.25, 0.3) is 0 Å². The van der Waals surface area contributed by atoms with Crippen LogP contribution in [-0.4, -0.2) is 64.9 Å². The van der Waals surface area contributed by atoms with E-state index in [1.54, 1.807) is 17.8 Å². The van der Waals surface area contributed by atoms with Crippen molar-refractivity contribution in [2.24, 2.45) is 0 Å². The van der Waals surface area contributed by atoms with Crippen LogP contribution < -0.4 is 10.2 Å². The van der Waals surface area contributed by atoms with E-state index in [0.29, 0.717) is 19.5 Å². The minimum absolute atomic E-state index is 0.138. The predicted octanol–water partition coefficient (Wildman–Crippen LogP) is 3.90. The molecule has 1 aliphatic heterocycles. The van der Waals surface area contributed by atoms with Gasteiger partial charge in [0.2, 0.25) is 5.91 Å². The molecule has 1 fully saturated rings. The molecule has 8 heteroatoms. The lowest BCUT2D eigenvalue weighted by Crippen LogP contribution is -2.50. The first kappa shape index (κ1) is 23.5. The molecule has 5 rings (SSSR count). The zero-order chi connectivity index (χ0) is 24.6. The van der Waals surface area contributed by atoms with Gasteiger partial charge in [-0.15, -0.1) is 0 Å². The summed E-state index contributed by atoms with van der Waals surface area (Å²) in [6, 6.07) is 20.0. The van der Waals surface area contributed by atoms with Crippen molar-refractivity contribution in [3.63, 3.8) is 0 Å². The van der Waals surface area contributed by atoms with Crippen LogP contribution in [0.3, 0.4) is 0 Å². The zero-order valence-corrected chi connectivity index (χ0v) is 21.3. The van der Waals surface area contributed by atoms with Crippen LogP contribution in [0.15, 0.2) is 66.9 Å². The number of aromatic nitrogens is 3. The number of fused-ring (bicyclic) bond motifs is 1. The largest absolute Gasteiger partial charge is 0.319 e. The lowest BCUT2D eigenvalue weighted by molar-refractivity contribution is -0.121. The third kappa shape index (κ3) is 4.93. The third-order valence-corrected chi connectivity index (χ3v) is 8.08. The van der Waals surface area contributed by atoms with Crippen molar-refractivity contribution in [3.05, 3.63) is 78.2 Å². The van der Waals surface area contributed by atoms with E-state index >= 15 is 0 Å². The number of pyridine rings is 1. The molecule has 0 atom stereocenters. The van der Waals surface area contributed by atoms with E-state index in [4.69, 9.17) is 10.1 Å². The monoisotopic (exact) mass is 487 g/mol. The summed E-state index contributed by atoms with van der Waals surface area (Å²) in [5.74, 6) is 0.860. The van der Waals surface area contributed by atoms with Crippen molar-refractivity contribution in [1.82, 2.24) is 19.5 Å². The van der Waals surface area contributed by atoms with Crippen LogP contribution in [0.4, 0.5) is 5.69 Å². The van der Waals surface area contributed by atoms with Crippen LogP contribution in [0.25, 0.3) is 16.8 Å². The van der Waals surface area contributed by atoms with Gasteiger partial charge in [0.1, 0.15) is 7.14 Å². The lowest BCUT2D eigenvalue weighted by atomic mass is 10.1. The predicted molar refractivity (Wildman–Crippen MR) is 141 cm³/mol. The third-order valence-electron chi connectivity index (χ3n) is 6.54. The number of piperazine rings is 1. The highest BCUT2D eigenvalue weighted by Crippen LogP contribution is 2.35. The average Bonchev–Trinajstić information content (AvgIpc) is 3.26. The maximum Gasteiger partial charge on any atom is 0.241 e. The van der Waals surface area contributed by atoms with E-state index in [9.17, 15) is 9.36 Å². The fourth-order valence-corrected chi connectivity index (χ4v) is 5.40. The summed E-state index contributed by atoms with van der Waals surface area (Å²) in [6.45, 7) is 8.60. The highest BCUT2D eigenvalue weighted by molar-refractivity contribution is 7.70. The van der Waals surface area contributed by atoms with Gasteiger partial charge in [0.05, 0.1) is 6.54 Å². The first-order chi connectivity index (χ1) is 16.8. The smallest absolute Gasteiger partial charge is 0.241 e. The zero-order valence-electron chi connectivity index (χ0n) is 20.4. The van der Waals surface area contributed by atoms with Gasteiger partial charge in [-0.05, 0) is 55.3 Å². The maximum absolute atomic E-state index is 12.6. The van der Waals surface area contributed by atoms with E-state index in [1.165, 1.54) is 0 Å². The molecular weight excluding hydrogens is 457 g/mol. The molecule has 0 aliphatic carbocycles. The molecule has 0 radical (unpaired) electrons. The SMILES string of the molecule is CCN1CCN(c2cccc(Cc3nc4c(-c5ccc(P(C)(C)=O)cc5)cccn4n3)c2)C(=O)C1. The Bertz CT molecular complexity index is 1420. The van der Waals surface area contributed by atoms with Gasteiger partial charge >= 0.3 is 0 Å². The van der Waals surface area contributed by atoms with Crippen LogP contribution in [0.2, 0.25) is 0 Å². The van der Waals surface area contributed by atoms with Crippen molar-refractivity contribution in [2.75, 3.05) is 44.4 Å². The summed E-state index contributed by atoms with van der Waals surface area (Å²) in [5, 5.41) is 5.57. The van der Waals surface area contributed by atoms with Gasteiger partial charge < -0.3 is 9.46 Å². The molecule has 1 saturated heterocycles. The second-order valence-electron chi connectivity index (χ2n) is 9.38. The first-order valence-electron chi connectivity index (χ1n) is 11.9. The van der Waals surface area contributed by atoms with E-state index < -0.39 is 7.14 Å². The molecule has 35 heavy (non-hydrogen) atoms. The number of anilines is 1. The van der Waals surface area contributed by atoms with E-state index in [0.717, 1.165) is 52.2 Å². The van der Waals surface area contributed by atoms with Crippen LogP contribution in [0.5, 0.6) is 0 Å². The van der Waals surface area contributed by atoms with Gasteiger partial charge in [0, 0.05) is 42.3 Å². The second-order valence-corrected chi connectivity index (χ2v) is 12.6. The molecule has 3 heterocycles. The van der Waals surface area contributed by atoms with E-state index in [1.807, 2.05) is 59.6 Å². The second kappa shape index (κ2) is 9.40. The minimum Gasteiger partial charge on any atom is -0.319 e. The molecule has 4 aromatic rings. The van der Waals surface area contributed by atoms with Gasteiger partial charge in [-0.1, -0.05) is 43.3 Å². The molecule has 180 valence electrons. The number of carbonyl (C=O) groups is 1. The highest BCUT2D eigenvalue weighted by atomic mass is 31.2. The molecule has 1 amide bonds. The molecule has 0 bridgehead atoms. The normalized spacial score (nSPS) is 15.2. The Kier molecular flexibility index (Phi) is 6.30. The van der Waals surface area contributed by atoms with Gasteiger partial charge in [-0.3, -0.25) is 9.69 Å². The Morgan fingerprint density at radius 1 is 1.00 bits per heavy atom.